The third-order valence-electron chi connectivity index (χ3n) is 3.38. The summed E-state index contributed by atoms with van der Waals surface area (Å²) in [7, 11) is 0. The molecular weight excluding hydrogens is 228 g/mol. The van der Waals surface area contributed by atoms with E-state index in [2.05, 4.69) is 0 Å². The van der Waals surface area contributed by atoms with E-state index in [1.807, 2.05) is 18.2 Å². The summed E-state index contributed by atoms with van der Waals surface area (Å²) in [6, 6.07) is 10.8. The highest BCUT2D eigenvalue weighted by atomic mass is 16.3. The molecular formula is C15H12O3. The van der Waals surface area contributed by atoms with Gasteiger partial charge in [-0.25, -0.2) is 0 Å². The molecule has 0 spiro atoms. The fraction of sp³-hybridized carbons (Fsp3) is 0.200. The fourth-order valence-corrected chi connectivity index (χ4v) is 2.44. The van der Waals surface area contributed by atoms with Crippen LogP contribution in [0.5, 0.6) is 0 Å². The highest BCUT2D eigenvalue weighted by Gasteiger charge is 2.34. The zero-order valence-electron chi connectivity index (χ0n) is 9.76. The third-order valence-corrected chi connectivity index (χ3v) is 3.38. The lowest BCUT2D eigenvalue weighted by molar-refractivity contribution is 0.0773. The van der Waals surface area contributed by atoms with Crippen LogP contribution in [0.15, 0.2) is 47.1 Å². The Balaban J connectivity index is 1.94. The molecule has 0 aliphatic heterocycles. The van der Waals surface area contributed by atoms with E-state index in [9.17, 15) is 9.59 Å². The second-order valence-corrected chi connectivity index (χ2v) is 4.45. The summed E-state index contributed by atoms with van der Waals surface area (Å²) in [5, 5.41) is 0. The van der Waals surface area contributed by atoms with Crippen LogP contribution in [0.4, 0.5) is 0 Å². The predicted molar refractivity (Wildman–Crippen MR) is 65.6 cm³/mol. The van der Waals surface area contributed by atoms with Crippen LogP contribution in [0.25, 0.3) is 0 Å². The number of ketones is 2. The molecule has 3 nitrogen and oxygen atoms in total. The number of furan rings is 1. The van der Waals surface area contributed by atoms with Gasteiger partial charge >= 0.3 is 0 Å². The Bertz CT molecular complexity index is 596. The summed E-state index contributed by atoms with van der Waals surface area (Å²) in [5.41, 5.74) is 1.71. The Hall–Kier alpha value is -2.16. The van der Waals surface area contributed by atoms with Gasteiger partial charge in [0.15, 0.2) is 11.5 Å². The minimum Gasteiger partial charge on any atom is -0.461 e. The van der Waals surface area contributed by atoms with Gasteiger partial charge in [-0.05, 0) is 30.5 Å². The number of rotatable bonds is 2. The Labute approximate surface area is 104 Å². The van der Waals surface area contributed by atoms with Crippen molar-refractivity contribution in [2.24, 2.45) is 5.92 Å². The molecule has 1 aliphatic rings. The summed E-state index contributed by atoms with van der Waals surface area (Å²) in [4.78, 5) is 24.5. The van der Waals surface area contributed by atoms with Crippen molar-refractivity contribution in [3.05, 3.63) is 59.5 Å². The highest BCUT2D eigenvalue weighted by Crippen LogP contribution is 2.27. The molecule has 2 aromatic rings. The van der Waals surface area contributed by atoms with Crippen LogP contribution in [0.2, 0.25) is 0 Å². The first kappa shape index (κ1) is 11.0. The van der Waals surface area contributed by atoms with Gasteiger partial charge in [0, 0.05) is 5.56 Å². The summed E-state index contributed by atoms with van der Waals surface area (Å²) >= 11 is 0. The number of carbonyl (C=O) groups excluding carboxylic acids is 2. The van der Waals surface area contributed by atoms with Crippen molar-refractivity contribution < 1.29 is 14.0 Å². The Morgan fingerprint density at radius 1 is 1.17 bits per heavy atom. The molecule has 18 heavy (non-hydrogen) atoms. The predicted octanol–water partition coefficient (Wildman–Crippen LogP) is 2.91. The molecule has 0 N–H and O–H groups in total. The minimum absolute atomic E-state index is 0.0850. The van der Waals surface area contributed by atoms with Crippen LogP contribution in [-0.4, -0.2) is 11.6 Å². The van der Waals surface area contributed by atoms with E-state index in [0.717, 1.165) is 12.0 Å². The van der Waals surface area contributed by atoms with Crippen LogP contribution in [0.3, 0.4) is 0 Å². The van der Waals surface area contributed by atoms with Crippen LogP contribution in [0.1, 0.15) is 32.9 Å². The number of fused-ring (bicyclic) bond motifs is 1. The lowest BCUT2D eigenvalue weighted by Gasteiger charge is -2.21. The molecule has 1 aromatic carbocycles. The van der Waals surface area contributed by atoms with Crippen molar-refractivity contribution >= 4 is 11.6 Å². The summed E-state index contributed by atoms with van der Waals surface area (Å²) in [6.07, 6.45) is 2.78. The summed E-state index contributed by atoms with van der Waals surface area (Å²) in [6.45, 7) is 0. The first-order valence-electron chi connectivity index (χ1n) is 5.97. The molecule has 0 saturated carbocycles. The van der Waals surface area contributed by atoms with Crippen molar-refractivity contribution in [3.8, 4) is 0 Å². The highest BCUT2D eigenvalue weighted by molar-refractivity contribution is 6.16. The third kappa shape index (κ3) is 1.68. The largest absolute Gasteiger partial charge is 0.461 e. The smallest absolute Gasteiger partial charge is 0.208 e. The molecule has 3 rings (SSSR count). The van der Waals surface area contributed by atoms with Crippen LogP contribution in [-0.2, 0) is 6.42 Å². The average molecular weight is 240 g/mol. The molecule has 0 saturated heterocycles. The monoisotopic (exact) mass is 240 g/mol. The molecule has 90 valence electrons. The van der Waals surface area contributed by atoms with Gasteiger partial charge in [0.1, 0.15) is 0 Å². The number of hydrogen-bond acceptors (Lipinski definition) is 3. The van der Waals surface area contributed by atoms with Crippen molar-refractivity contribution in [2.75, 3.05) is 0 Å². The van der Waals surface area contributed by atoms with Gasteiger partial charge in [-0.15, -0.1) is 0 Å². The Morgan fingerprint density at radius 3 is 2.78 bits per heavy atom. The molecule has 0 radical (unpaired) electrons. The zero-order valence-corrected chi connectivity index (χ0v) is 9.76. The minimum atomic E-state index is -0.592. The molecule has 1 heterocycles. The SMILES string of the molecule is O=C(c1ccco1)C1CCc2ccccc2C1=O. The molecule has 1 aliphatic carbocycles. The van der Waals surface area contributed by atoms with Crippen molar-refractivity contribution in [1.82, 2.24) is 0 Å². The maximum absolute atomic E-state index is 12.3. The molecule has 3 heteroatoms. The van der Waals surface area contributed by atoms with Crippen LogP contribution < -0.4 is 0 Å². The fourth-order valence-electron chi connectivity index (χ4n) is 2.44. The number of carbonyl (C=O) groups is 2. The van der Waals surface area contributed by atoms with E-state index in [0.29, 0.717) is 12.0 Å². The first-order valence-corrected chi connectivity index (χ1v) is 5.97. The number of hydrogen-bond donors (Lipinski definition) is 0. The van der Waals surface area contributed by atoms with Gasteiger partial charge in [-0.2, -0.15) is 0 Å². The lowest BCUT2D eigenvalue weighted by atomic mass is 9.80. The number of Topliss-reactive ketones (excluding diaryl/α,β-unsaturated/α-hetero) is 2. The number of benzene rings is 1. The van der Waals surface area contributed by atoms with E-state index in [1.165, 1.54) is 6.26 Å². The van der Waals surface area contributed by atoms with E-state index in [1.54, 1.807) is 18.2 Å². The van der Waals surface area contributed by atoms with Crippen molar-refractivity contribution in [3.63, 3.8) is 0 Å². The summed E-state index contributed by atoms with van der Waals surface area (Å²) < 4.78 is 5.08. The van der Waals surface area contributed by atoms with Gasteiger partial charge in [0.25, 0.3) is 0 Å². The van der Waals surface area contributed by atoms with Crippen molar-refractivity contribution in [2.45, 2.75) is 12.8 Å². The molecule has 1 unspecified atom stereocenters. The van der Waals surface area contributed by atoms with Gasteiger partial charge in [0.2, 0.25) is 5.78 Å². The first-order chi connectivity index (χ1) is 8.77. The van der Waals surface area contributed by atoms with Gasteiger partial charge in [-0.1, -0.05) is 24.3 Å². The maximum Gasteiger partial charge on any atom is 0.208 e. The second-order valence-electron chi connectivity index (χ2n) is 4.45. The van der Waals surface area contributed by atoms with Gasteiger partial charge in [-0.3, -0.25) is 9.59 Å². The van der Waals surface area contributed by atoms with Crippen molar-refractivity contribution in [1.29, 1.82) is 0 Å². The number of aryl methyl sites for hydroxylation is 1. The van der Waals surface area contributed by atoms with Crippen LogP contribution >= 0.6 is 0 Å². The quantitative estimate of drug-likeness (QED) is 0.599. The summed E-state index contributed by atoms with van der Waals surface area (Å²) in [5.74, 6) is -0.614. The van der Waals surface area contributed by atoms with Crippen LogP contribution in [0, 0.1) is 5.92 Å². The standard InChI is InChI=1S/C15H12O3/c16-14-11-5-2-1-4-10(11)7-8-12(14)15(17)13-6-3-9-18-13/h1-6,9,12H,7-8H2. The van der Waals surface area contributed by atoms with E-state index in [4.69, 9.17) is 4.42 Å². The average Bonchev–Trinajstić information content (AvgIpc) is 2.93. The Morgan fingerprint density at radius 2 is 2.00 bits per heavy atom. The van der Waals surface area contributed by atoms with E-state index < -0.39 is 5.92 Å². The van der Waals surface area contributed by atoms with Gasteiger partial charge in [0.05, 0.1) is 12.2 Å². The second kappa shape index (κ2) is 4.26. The topological polar surface area (TPSA) is 47.3 Å². The zero-order chi connectivity index (χ0) is 12.5. The van der Waals surface area contributed by atoms with Gasteiger partial charge < -0.3 is 4.42 Å². The lowest BCUT2D eigenvalue weighted by Crippen LogP contribution is -2.29. The van der Waals surface area contributed by atoms with E-state index in [-0.39, 0.29) is 17.3 Å². The molecule has 0 amide bonds. The molecule has 0 fully saturated rings. The van der Waals surface area contributed by atoms with E-state index >= 15 is 0 Å². The molecule has 1 atom stereocenters. The normalized spacial score (nSPS) is 18.4. The molecule has 1 aromatic heterocycles. The Kier molecular flexibility index (Phi) is 2.59. The molecule has 0 bridgehead atoms. The maximum atomic E-state index is 12.3.